The number of nitrogens with two attached hydrogens (primary N) is 1. The van der Waals surface area contributed by atoms with Crippen molar-refractivity contribution in [2.45, 2.75) is 20.0 Å². The molecule has 0 unspecified atom stereocenters. The van der Waals surface area contributed by atoms with E-state index < -0.39 is 0 Å². The number of ether oxygens (including phenoxy) is 1. The average molecular weight is 208 g/mol. The van der Waals surface area contributed by atoms with Gasteiger partial charge < -0.3 is 15.7 Å². The van der Waals surface area contributed by atoms with Gasteiger partial charge in [0, 0.05) is 13.0 Å². The number of hydrogen-bond donors (Lipinski definition) is 2. The van der Waals surface area contributed by atoms with Gasteiger partial charge in [0.2, 0.25) is 0 Å². The van der Waals surface area contributed by atoms with Gasteiger partial charge in [-0.05, 0) is 18.1 Å². The first kappa shape index (κ1) is 11.5. The van der Waals surface area contributed by atoms with Crippen molar-refractivity contribution < 1.29 is 9.94 Å². The maximum Gasteiger partial charge on any atom is 0.143 e. The Bertz CT molecular complexity index is 337. The molecule has 4 heteroatoms. The number of hydrogen-bond acceptors (Lipinski definition) is 3. The minimum Gasteiger partial charge on any atom is -0.409 e. The molecule has 0 fully saturated rings. The van der Waals surface area contributed by atoms with E-state index in [1.54, 1.807) is 0 Å². The Balaban J connectivity index is 2.65. The number of benzene rings is 1. The Kier molecular flexibility index (Phi) is 4.63. The minimum atomic E-state index is 0.212. The van der Waals surface area contributed by atoms with E-state index in [1.165, 1.54) is 0 Å². The number of amidine groups is 1. The normalized spacial score (nSPS) is 11.7. The molecular weight excluding hydrogens is 192 g/mol. The van der Waals surface area contributed by atoms with Crippen LogP contribution in [-0.2, 0) is 17.8 Å². The summed E-state index contributed by atoms with van der Waals surface area (Å²) in [5, 5.41) is 11.4. The Morgan fingerprint density at radius 3 is 2.87 bits per heavy atom. The highest BCUT2D eigenvalue weighted by Crippen LogP contribution is 2.07. The Morgan fingerprint density at radius 1 is 1.47 bits per heavy atom. The van der Waals surface area contributed by atoms with Gasteiger partial charge in [0.05, 0.1) is 6.61 Å². The van der Waals surface area contributed by atoms with E-state index in [1.807, 2.05) is 31.2 Å². The summed E-state index contributed by atoms with van der Waals surface area (Å²) < 4.78 is 5.29. The van der Waals surface area contributed by atoms with Gasteiger partial charge in [0.25, 0.3) is 0 Å². The molecule has 0 atom stereocenters. The second-order valence-corrected chi connectivity index (χ2v) is 3.23. The Labute approximate surface area is 89.4 Å². The van der Waals surface area contributed by atoms with Crippen LogP contribution in [-0.4, -0.2) is 17.6 Å². The largest absolute Gasteiger partial charge is 0.409 e. The summed E-state index contributed by atoms with van der Waals surface area (Å²) in [6.45, 7) is 3.26. The number of oxime groups is 1. The van der Waals surface area contributed by atoms with Crippen molar-refractivity contribution in [2.75, 3.05) is 6.61 Å². The van der Waals surface area contributed by atoms with E-state index in [-0.39, 0.29) is 5.84 Å². The van der Waals surface area contributed by atoms with Crippen LogP contribution in [0.25, 0.3) is 0 Å². The van der Waals surface area contributed by atoms with Crippen molar-refractivity contribution >= 4 is 5.84 Å². The second-order valence-electron chi connectivity index (χ2n) is 3.23. The molecule has 1 aromatic rings. The molecule has 4 nitrogen and oxygen atoms in total. The maximum atomic E-state index is 8.45. The Hall–Kier alpha value is -1.55. The zero-order valence-corrected chi connectivity index (χ0v) is 8.81. The van der Waals surface area contributed by atoms with E-state index in [2.05, 4.69) is 5.16 Å². The molecule has 15 heavy (non-hydrogen) atoms. The van der Waals surface area contributed by atoms with Crippen LogP contribution in [0, 0.1) is 0 Å². The molecule has 0 aliphatic heterocycles. The third-order valence-corrected chi connectivity index (χ3v) is 1.98. The summed E-state index contributed by atoms with van der Waals surface area (Å²) in [4.78, 5) is 0. The van der Waals surface area contributed by atoms with Crippen molar-refractivity contribution in [3.05, 3.63) is 35.4 Å². The minimum absolute atomic E-state index is 0.212. The van der Waals surface area contributed by atoms with Gasteiger partial charge in [-0.1, -0.05) is 29.4 Å². The summed E-state index contributed by atoms with van der Waals surface area (Å²) in [5.74, 6) is 0.212. The van der Waals surface area contributed by atoms with Crippen LogP contribution in [0.15, 0.2) is 29.4 Å². The van der Waals surface area contributed by atoms with E-state index in [9.17, 15) is 0 Å². The lowest BCUT2D eigenvalue weighted by Gasteiger charge is -2.04. The highest BCUT2D eigenvalue weighted by Gasteiger charge is 1.99. The van der Waals surface area contributed by atoms with E-state index >= 15 is 0 Å². The first-order valence-electron chi connectivity index (χ1n) is 4.88. The predicted octanol–water partition coefficient (Wildman–Crippen LogP) is 1.51. The maximum absolute atomic E-state index is 8.45. The zero-order valence-electron chi connectivity index (χ0n) is 8.81. The van der Waals surface area contributed by atoms with Gasteiger partial charge in [0.15, 0.2) is 0 Å². The van der Waals surface area contributed by atoms with Crippen molar-refractivity contribution in [1.29, 1.82) is 0 Å². The fourth-order valence-electron chi connectivity index (χ4n) is 1.29. The molecule has 0 amide bonds. The lowest BCUT2D eigenvalue weighted by Crippen LogP contribution is -2.14. The first-order valence-corrected chi connectivity index (χ1v) is 4.88. The summed E-state index contributed by atoms with van der Waals surface area (Å²) in [5.41, 5.74) is 7.54. The van der Waals surface area contributed by atoms with Gasteiger partial charge in [-0.25, -0.2) is 0 Å². The third-order valence-electron chi connectivity index (χ3n) is 1.98. The van der Waals surface area contributed by atoms with E-state index in [0.717, 1.165) is 11.1 Å². The summed E-state index contributed by atoms with van der Waals surface area (Å²) in [7, 11) is 0. The smallest absolute Gasteiger partial charge is 0.143 e. The summed E-state index contributed by atoms with van der Waals surface area (Å²) in [6, 6.07) is 7.86. The molecule has 3 N–H and O–H groups in total. The standard InChI is InChI=1S/C11H16N2O2/c1-2-15-8-10-5-3-4-9(6-10)7-11(12)13-14/h3-6,14H,2,7-8H2,1H3,(H2,12,13). The number of nitrogens with zero attached hydrogens (tertiary/aromatic N) is 1. The van der Waals surface area contributed by atoms with Gasteiger partial charge >= 0.3 is 0 Å². The average Bonchev–Trinajstić information content (AvgIpc) is 2.26. The molecule has 0 saturated heterocycles. The van der Waals surface area contributed by atoms with Gasteiger partial charge in [-0.3, -0.25) is 0 Å². The summed E-state index contributed by atoms with van der Waals surface area (Å²) >= 11 is 0. The molecule has 82 valence electrons. The fourth-order valence-corrected chi connectivity index (χ4v) is 1.29. The van der Waals surface area contributed by atoms with Crippen molar-refractivity contribution in [3.63, 3.8) is 0 Å². The molecular formula is C11H16N2O2. The van der Waals surface area contributed by atoms with Crippen molar-refractivity contribution in [2.24, 2.45) is 10.9 Å². The van der Waals surface area contributed by atoms with Gasteiger partial charge in [0.1, 0.15) is 5.84 Å². The molecule has 1 aromatic carbocycles. The molecule has 0 aromatic heterocycles. The molecule has 0 aliphatic rings. The van der Waals surface area contributed by atoms with Crippen LogP contribution in [0.5, 0.6) is 0 Å². The SMILES string of the molecule is CCOCc1cccc(C/C(N)=N/O)c1. The molecule has 0 spiro atoms. The molecule has 0 heterocycles. The molecule has 0 saturated carbocycles. The van der Waals surface area contributed by atoms with Crippen LogP contribution in [0.2, 0.25) is 0 Å². The van der Waals surface area contributed by atoms with Crippen LogP contribution in [0.1, 0.15) is 18.1 Å². The molecule has 0 bridgehead atoms. The highest BCUT2D eigenvalue weighted by molar-refractivity contribution is 5.82. The van der Waals surface area contributed by atoms with Crippen molar-refractivity contribution in [1.82, 2.24) is 0 Å². The molecule has 0 radical (unpaired) electrons. The summed E-state index contributed by atoms with van der Waals surface area (Å²) in [6.07, 6.45) is 0.455. The van der Waals surface area contributed by atoms with Gasteiger partial charge in [-0.15, -0.1) is 0 Å². The van der Waals surface area contributed by atoms with Crippen LogP contribution in [0.3, 0.4) is 0 Å². The predicted molar refractivity (Wildman–Crippen MR) is 58.9 cm³/mol. The molecule has 1 rings (SSSR count). The third kappa shape index (κ3) is 3.99. The zero-order chi connectivity index (χ0) is 11.1. The quantitative estimate of drug-likeness (QED) is 0.333. The second kappa shape index (κ2) is 6.03. The Morgan fingerprint density at radius 2 is 2.20 bits per heavy atom. The van der Waals surface area contributed by atoms with Crippen LogP contribution < -0.4 is 5.73 Å². The first-order chi connectivity index (χ1) is 7.26. The van der Waals surface area contributed by atoms with Crippen molar-refractivity contribution in [3.8, 4) is 0 Å². The van der Waals surface area contributed by atoms with E-state index in [4.69, 9.17) is 15.7 Å². The lowest BCUT2D eigenvalue weighted by atomic mass is 10.1. The van der Waals surface area contributed by atoms with Crippen LogP contribution in [0.4, 0.5) is 0 Å². The highest BCUT2D eigenvalue weighted by atomic mass is 16.5. The van der Waals surface area contributed by atoms with E-state index in [0.29, 0.717) is 19.6 Å². The molecule has 0 aliphatic carbocycles. The van der Waals surface area contributed by atoms with Crippen LogP contribution >= 0.6 is 0 Å². The fraction of sp³-hybridized carbons (Fsp3) is 0.364. The monoisotopic (exact) mass is 208 g/mol. The lowest BCUT2D eigenvalue weighted by molar-refractivity contribution is 0.134. The topological polar surface area (TPSA) is 67.8 Å². The van der Waals surface area contributed by atoms with Gasteiger partial charge in [-0.2, -0.15) is 0 Å². The number of rotatable bonds is 5.